The van der Waals surface area contributed by atoms with E-state index < -0.39 is 0 Å². The van der Waals surface area contributed by atoms with E-state index in [4.69, 9.17) is 0 Å². The van der Waals surface area contributed by atoms with Gasteiger partial charge in [0, 0.05) is 33.1 Å². The largest absolute Gasteiger partial charge is 0.349 e. The number of nitrogens with zero attached hydrogens (tertiary/aromatic N) is 2. The first-order chi connectivity index (χ1) is 12.6. The molecule has 2 aromatic carbocycles. The van der Waals surface area contributed by atoms with E-state index in [0.717, 1.165) is 24.0 Å². The van der Waals surface area contributed by atoms with Crippen molar-refractivity contribution in [2.24, 2.45) is 5.92 Å². The summed E-state index contributed by atoms with van der Waals surface area (Å²) in [5.41, 5.74) is 2.02. The number of hydrogen-bond acceptors (Lipinski definition) is 2. The molecule has 3 rings (SSSR count). The number of hydrogen-bond donors (Lipinski definition) is 0. The summed E-state index contributed by atoms with van der Waals surface area (Å²) in [5.74, 6) is 0.0253. The molecule has 1 saturated heterocycles. The lowest BCUT2D eigenvalue weighted by atomic mass is 9.88. The average molecular weight is 350 g/mol. The van der Waals surface area contributed by atoms with Crippen LogP contribution in [0, 0.1) is 5.92 Å². The molecule has 0 aliphatic carbocycles. The Bertz CT molecular complexity index is 696. The van der Waals surface area contributed by atoms with Gasteiger partial charge in [-0.3, -0.25) is 9.59 Å². The van der Waals surface area contributed by atoms with Gasteiger partial charge in [0.25, 0.3) is 0 Å². The van der Waals surface area contributed by atoms with Gasteiger partial charge < -0.3 is 9.80 Å². The van der Waals surface area contributed by atoms with Crippen molar-refractivity contribution in [2.75, 3.05) is 27.2 Å². The van der Waals surface area contributed by atoms with Crippen LogP contribution < -0.4 is 0 Å². The number of carbonyl (C=O) groups is 2. The Kier molecular flexibility index (Phi) is 5.71. The minimum absolute atomic E-state index is 0.0287. The number of carbonyl (C=O) groups excluding carboxylic acids is 2. The van der Waals surface area contributed by atoms with Gasteiger partial charge in [0.2, 0.25) is 11.8 Å². The minimum atomic E-state index is -0.293. The Morgan fingerprint density at radius 2 is 1.35 bits per heavy atom. The summed E-state index contributed by atoms with van der Waals surface area (Å²) < 4.78 is 0. The van der Waals surface area contributed by atoms with Gasteiger partial charge in [-0.25, -0.2) is 0 Å². The number of likely N-dealkylation sites (tertiary alicyclic amines) is 1. The maximum absolute atomic E-state index is 13.3. The molecule has 0 atom stereocenters. The van der Waals surface area contributed by atoms with Crippen LogP contribution >= 0.6 is 0 Å². The van der Waals surface area contributed by atoms with E-state index in [1.807, 2.05) is 65.6 Å². The van der Waals surface area contributed by atoms with Crippen molar-refractivity contribution in [3.05, 3.63) is 71.8 Å². The second-order valence-electron chi connectivity index (χ2n) is 7.09. The fourth-order valence-electron chi connectivity index (χ4n) is 3.66. The van der Waals surface area contributed by atoms with Gasteiger partial charge in [-0.15, -0.1) is 0 Å². The summed E-state index contributed by atoms with van der Waals surface area (Å²) in [7, 11) is 3.58. The molecule has 0 saturated carbocycles. The lowest BCUT2D eigenvalue weighted by Gasteiger charge is -2.34. The number of piperidine rings is 1. The van der Waals surface area contributed by atoms with E-state index in [9.17, 15) is 9.59 Å². The highest BCUT2D eigenvalue weighted by molar-refractivity contribution is 5.87. The lowest BCUT2D eigenvalue weighted by molar-refractivity contribution is -0.139. The van der Waals surface area contributed by atoms with Crippen LogP contribution in [0.3, 0.4) is 0 Å². The third-order valence-electron chi connectivity index (χ3n) is 5.11. The molecule has 0 bridgehead atoms. The van der Waals surface area contributed by atoms with Crippen LogP contribution in [-0.4, -0.2) is 48.8 Å². The molecule has 26 heavy (non-hydrogen) atoms. The molecule has 1 aliphatic rings. The van der Waals surface area contributed by atoms with E-state index in [2.05, 4.69) is 0 Å². The summed E-state index contributed by atoms with van der Waals surface area (Å²) in [4.78, 5) is 29.1. The van der Waals surface area contributed by atoms with Crippen LogP contribution in [0.2, 0.25) is 0 Å². The van der Waals surface area contributed by atoms with Crippen molar-refractivity contribution in [3.8, 4) is 0 Å². The number of rotatable bonds is 4. The molecule has 1 heterocycles. The fraction of sp³-hybridized carbons (Fsp3) is 0.364. The second kappa shape index (κ2) is 8.17. The standard InChI is InChI=1S/C22H26N2O2/c1-23(2)21(25)19-13-15-24(16-14-19)22(26)20(17-9-5-3-6-10-17)18-11-7-4-8-12-18/h3-12,19-20H,13-16H2,1-2H3. The molecule has 4 heteroatoms. The van der Waals surface area contributed by atoms with E-state index in [1.54, 1.807) is 19.0 Å². The summed E-state index contributed by atoms with van der Waals surface area (Å²) in [5, 5.41) is 0. The predicted molar refractivity (Wildman–Crippen MR) is 103 cm³/mol. The van der Waals surface area contributed by atoms with E-state index in [1.165, 1.54) is 0 Å². The van der Waals surface area contributed by atoms with E-state index in [-0.39, 0.29) is 23.7 Å². The quantitative estimate of drug-likeness (QED) is 0.850. The van der Waals surface area contributed by atoms with Crippen LogP contribution in [0.4, 0.5) is 0 Å². The maximum atomic E-state index is 13.3. The normalized spacial score (nSPS) is 15.1. The molecule has 0 N–H and O–H groups in total. The highest BCUT2D eigenvalue weighted by atomic mass is 16.2. The summed E-state index contributed by atoms with van der Waals surface area (Å²) in [6.45, 7) is 1.28. The molecular formula is C22H26N2O2. The average Bonchev–Trinajstić information content (AvgIpc) is 2.69. The molecule has 0 aromatic heterocycles. The predicted octanol–water partition coefficient (Wildman–Crippen LogP) is 3.15. The highest BCUT2D eigenvalue weighted by Crippen LogP contribution is 2.29. The van der Waals surface area contributed by atoms with Crippen LogP contribution in [0.25, 0.3) is 0 Å². The van der Waals surface area contributed by atoms with Gasteiger partial charge in [-0.2, -0.15) is 0 Å². The van der Waals surface area contributed by atoms with Gasteiger partial charge in [0.15, 0.2) is 0 Å². The Hall–Kier alpha value is -2.62. The number of amides is 2. The molecule has 2 amide bonds. The monoisotopic (exact) mass is 350 g/mol. The van der Waals surface area contributed by atoms with Gasteiger partial charge >= 0.3 is 0 Å². The van der Waals surface area contributed by atoms with Gasteiger partial charge in [0.05, 0.1) is 5.92 Å². The van der Waals surface area contributed by atoms with Crippen molar-refractivity contribution < 1.29 is 9.59 Å². The van der Waals surface area contributed by atoms with Crippen molar-refractivity contribution >= 4 is 11.8 Å². The third-order valence-corrected chi connectivity index (χ3v) is 5.11. The van der Waals surface area contributed by atoms with Crippen molar-refractivity contribution in [3.63, 3.8) is 0 Å². The van der Waals surface area contributed by atoms with Crippen molar-refractivity contribution in [1.29, 1.82) is 0 Å². The molecule has 0 unspecified atom stereocenters. The van der Waals surface area contributed by atoms with Crippen LogP contribution in [0.5, 0.6) is 0 Å². The fourth-order valence-corrected chi connectivity index (χ4v) is 3.66. The van der Waals surface area contributed by atoms with Gasteiger partial charge in [-0.05, 0) is 24.0 Å². The Labute approximate surface area is 155 Å². The summed E-state index contributed by atoms with van der Waals surface area (Å²) >= 11 is 0. The van der Waals surface area contributed by atoms with Crippen molar-refractivity contribution in [2.45, 2.75) is 18.8 Å². The first-order valence-electron chi connectivity index (χ1n) is 9.17. The second-order valence-corrected chi connectivity index (χ2v) is 7.09. The van der Waals surface area contributed by atoms with E-state index >= 15 is 0 Å². The smallest absolute Gasteiger partial charge is 0.234 e. The summed E-state index contributed by atoms with van der Waals surface area (Å²) in [6.07, 6.45) is 1.47. The van der Waals surface area contributed by atoms with Crippen LogP contribution in [-0.2, 0) is 9.59 Å². The molecule has 1 fully saturated rings. The van der Waals surface area contributed by atoms with Crippen LogP contribution in [0.1, 0.15) is 29.9 Å². The Balaban J connectivity index is 1.78. The number of benzene rings is 2. The molecule has 0 radical (unpaired) electrons. The zero-order valence-electron chi connectivity index (χ0n) is 15.5. The molecule has 2 aromatic rings. The molecular weight excluding hydrogens is 324 g/mol. The molecule has 1 aliphatic heterocycles. The molecule has 136 valence electrons. The Morgan fingerprint density at radius 3 is 1.77 bits per heavy atom. The van der Waals surface area contributed by atoms with Gasteiger partial charge in [-0.1, -0.05) is 60.7 Å². The minimum Gasteiger partial charge on any atom is -0.349 e. The SMILES string of the molecule is CN(C)C(=O)C1CCN(C(=O)C(c2ccccc2)c2ccccc2)CC1. The van der Waals surface area contributed by atoms with Gasteiger partial charge in [0.1, 0.15) is 0 Å². The highest BCUT2D eigenvalue weighted by Gasteiger charge is 2.32. The zero-order valence-corrected chi connectivity index (χ0v) is 15.5. The topological polar surface area (TPSA) is 40.6 Å². The molecule has 0 spiro atoms. The van der Waals surface area contributed by atoms with Crippen molar-refractivity contribution in [1.82, 2.24) is 9.80 Å². The lowest BCUT2D eigenvalue weighted by Crippen LogP contribution is -2.44. The maximum Gasteiger partial charge on any atom is 0.234 e. The molecule has 4 nitrogen and oxygen atoms in total. The first-order valence-corrected chi connectivity index (χ1v) is 9.17. The first kappa shape index (κ1) is 18.2. The van der Waals surface area contributed by atoms with E-state index in [0.29, 0.717) is 13.1 Å². The third kappa shape index (κ3) is 3.96. The zero-order chi connectivity index (χ0) is 18.5. The Morgan fingerprint density at radius 1 is 0.885 bits per heavy atom. The van der Waals surface area contributed by atoms with Crippen LogP contribution in [0.15, 0.2) is 60.7 Å². The summed E-state index contributed by atoms with van der Waals surface area (Å²) in [6, 6.07) is 19.9.